The van der Waals surface area contributed by atoms with E-state index in [9.17, 15) is 24.0 Å². The van der Waals surface area contributed by atoms with Gasteiger partial charge in [0.25, 0.3) is 0 Å². The van der Waals surface area contributed by atoms with Gasteiger partial charge < -0.3 is 34.6 Å². The molecule has 0 aliphatic heterocycles. The number of imidazole rings is 1. The van der Waals surface area contributed by atoms with Gasteiger partial charge in [0.05, 0.1) is 46.0 Å². The molecule has 13 heteroatoms. The number of H-pyrrole nitrogens is 1. The van der Waals surface area contributed by atoms with Crippen molar-refractivity contribution in [3.63, 3.8) is 0 Å². The van der Waals surface area contributed by atoms with Crippen LogP contribution >= 0.6 is 0 Å². The average molecular weight is 625 g/mol. The van der Waals surface area contributed by atoms with Gasteiger partial charge in [-0.15, -0.1) is 0 Å². The lowest BCUT2D eigenvalue weighted by Crippen LogP contribution is -2.31. The minimum absolute atomic E-state index is 0.0110. The number of nitrogens with one attached hydrogen (secondary N) is 3. The second-order valence-electron chi connectivity index (χ2n) is 10.5. The van der Waals surface area contributed by atoms with Crippen molar-refractivity contribution in [1.29, 1.82) is 0 Å². The lowest BCUT2D eigenvalue weighted by Gasteiger charge is -2.13. The van der Waals surface area contributed by atoms with E-state index in [4.69, 9.17) is 18.9 Å². The van der Waals surface area contributed by atoms with E-state index in [1.165, 1.54) is 6.92 Å². The largest absolute Gasteiger partial charge is 0.377 e. The van der Waals surface area contributed by atoms with Gasteiger partial charge in [-0.2, -0.15) is 0 Å². The number of ketones is 3. The quantitative estimate of drug-likeness (QED) is 0.108. The number of hydrogen-bond donors (Lipinski definition) is 3. The van der Waals surface area contributed by atoms with Crippen molar-refractivity contribution in [2.24, 2.45) is 5.92 Å². The number of carbonyl (C=O) groups is 5. The number of hydrogen-bond acceptors (Lipinski definition) is 10. The molecule has 0 aliphatic carbocycles. The van der Waals surface area contributed by atoms with Crippen LogP contribution in [0.2, 0.25) is 0 Å². The Balaban J connectivity index is 1.90. The fourth-order valence-electron chi connectivity index (χ4n) is 4.17. The Morgan fingerprint density at radius 3 is 2.07 bits per heavy atom. The zero-order valence-corrected chi connectivity index (χ0v) is 26.5. The highest BCUT2D eigenvalue weighted by molar-refractivity contribution is 5.86. The standard InChI is InChI=1S/C31H52N4O9/c1-3-7-30(39)33-12-14-41-17-19-44-23-31(40)34-13-15-42-16-18-43-22-29(38)9-6-4-5-8-26(25(2)36)20-28(37)11-10-27-21-32-24-35-27/h21,24,26H,3-20,22-23H2,1-2H3,(H,32,35)(H,33,39)(H,34,40)/t26-/m1/s1. The van der Waals surface area contributed by atoms with Crippen LogP contribution in [0.4, 0.5) is 0 Å². The summed E-state index contributed by atoms with van der Waals surface area (Å²) in [7, 11) is 0. The van der Waals surface area contributed by atoms with E-state index in [2.05, 4.69) is 20.6 Å². The number of ether oxygens (including phenoxy) is 4. The maximum atomic E-state index is 12.3. The summed E-state index contributed by atoms with van der Waals surface area (Å²) in [5.41, 5.74) is 0.907. The maximum Gasteiger partial charge on any atom is 0.246 e. The van der Waals surface area contributed by atoms with Gasteiger partial charge >= 0.3 is 0 Å². The number of Topliss-reactive ketones (excluding diaryl/α,β-unsaturated/α-hetero) is 3. The molecule has 0 bridgehead atoms. The fraction of sp³-hybridized carbons (Fsp3) is 0.742. The van der Waals surface area contributed by atoms with Crippen molar-refractivity contribution in [2.75, 3.05) is 65.9 Å². The Morgan fingerprint density at radius 1 is 0.773 bits per heavy atom. The first kappa shape index (κ1) is 39.0. The summed E-state index contributed by atoms with van der Waals surface area (Å²) < 4.78 is 21.3. The number of rotatable bonds is 30. The third-order valence-electron chi connectivity index (χ3n) is 6.64. The summed E-state index contributed by atoms with van der Waals surface area (Å²) in [5, 5.41) is 5.43. The molecule has 13 nitrogen and oxygen atoms in total. The highest BCUT2D eigenvalue weighted by atomic mass is 16.5. The van der Waals surface area contributed by atoms with Gasteiger partial charge in [-0.1, -0.05) is 19.8 Å². The molecule has 3 N–H and O–H groups in total. The second-order valence-corrected chi connectivity index (χ2v) is 10.5. The van der Waals surface area contributed by atoms with Gasteiger partial charge in [-0.25, -0.2) is 4.98 Å². The van der Waals surface area contributed by atoms with Crippen LogP contribution in [0.3, 0.4) is 0 Å². The minimum atomic E-state index is -0.265. The lowest BCUT2D eigenvalue weighted by molar-refractivity contribution is -0.127. The molecular formula is C31H52N4O9. The molecule has 0 radical (unpaired) electrons. The number of aromatic amines is 1. The third-order valence-corrected chi connectivity index (χ3v) is 6.64. The molecule has 0 saturated carbocycles. The monoisotopic (exact) mass is 624 g/mol. The summed E-state index contributed by atoms with van der Waals surface area (Å²) in [4.78, 5) is 66.2. The van der Waals surface area contributed by atoms with Gasteiger partial charge in [-0.05, 0) is 32.6 Å². The van der Waals surface area contributed by atoms with E-state index in [1.807, 2.05) is 6.92 Å². The van der Waals surface area contributed by atoms with E-state index < -0.39 is 0 Å². The smallest absolute Gasteiger partial charge is 0.246 e. The van der Waals surface area contributed by atoms with Crippen molar-refractivity contribution in [2.45, 2.75) is 78.1 Å². The second kappa shape index (κ2) is 26.4. The Morgan fingerprint density at radius 2 is 1.43 bits per heavy atom. The summed E-state index contributed by atoms with van der Waals surface area (Å²) in [6, 6.07) is 0. The predicted octanol–water partition coefficient (Wildman–Crippen LogP) is 2.13. The normalized spacial score (nSPS) is 11.7. The number of nitrogens with zero attached hydrogens (tertiary/aromatic N) is 1. The molecule has 0 unspecified atom stereocenters. The maximum absolute atomic E-state index is 12.3. The molecule has 1 heterocycles. The molecule has 1 atom stereocenters. The molecule has 44 heavy (non-hydrogen) atoms. The Kier molecular flexibility index (Phi) is 23.4. The van der Waals surface area contributed by atoms with Gasteiger partial charge in [0.15, 0.2) is 5.78 Å². The summed E-state index contributed by atoms with van der Waals surface area (Å²) in [6.07, 6.45) is 9.21. The number of amides is 2. The Labute approximate surface area is 260 Å². The van der Waals surface area contributed by atoms with Crippen molar-refractivity contribution < 1.29 is 42.9 Å². The topological polar surface area (TPSA) is 175 Å². The summed E-state index contributed by atoms with van der Waals surface area (Å²) >= 11 is 0. The Bertz CT molecular complexity index is 941. The van der Waals surface area contributed by atoms with Crippen molar-refractivity contribution in [3.05, 3.63) is 18.2 Å². The van der Waals surface area contributed by atoms with Gasteiger partial charge in [0, 0.05) is 56.6 Å². The predicted molar refractivity (Wildman–Crippen MR) is 163 cm³/mol. The molecule has 2 amide bonds. The van der Waals surface area contributed by atoms with E-state index in [1.54, 1.807) is 12.5 Å². The molecule has 0 saturated heterocycles. The van der Waals surface area contributed by atoms with Gasteiger partial charge in [-0.3, -0.25) is 24.0 Å². The van der Waals surface area contributed by atoms with Crippen LogP contribution < -0.4 is 10.6 Å². The molecule has 0 aliphatic rings. The Hall–Kier alpha value is -3.00. The SMILES string of the molecule is CCCC(=O)NCCOCCOCC(=O)NCCOCCOCC(=O)CCCCC[C@H](CC(=O)CCc1cnc[nH]1)C(C)=O. The number of unbranched alkanes of at least 4 members (excludes halogenated alkanes) is 2. The fourth-order valence-corrected chi connectivity index (χ4v) is 4.17. The molecule has 0 fully saturated rings. The van der Waals surface area contributed by atoms with E-state index in [-0.39, 0.29) is 67.9 Å². The molecule has 0 aromatic carbocycles. The van der Waals surface area contributed by atoms with E-state index in [0.29, 0.717) is 78.0 Å². The number of aryl methyl sites for hydroxylation is 1. The van der Waals surface area contributed by atoms with Crippen LogP contribution in [0.1, 0.15) is 77.3 Å². The van der Waals surface area contributed by atoms with Crippen LogP contribution in [0.25, 0.3) is 0 Å². The van der Waals surface area contributed by atoms with Crippen LogP contribution in [-0.4, -0.2) is 105 Å². The molecule has 1 aromatic heterocycles. The molecule has 0 spiro atoms. The molecule has 1 aromatic rings. The van der Waals surface area contributed by atoms with E-state index in [0.717, 1.165) is 25.0 Å². The number of aromatic nitrogens is 2. The molecular weight excluding hydrogens is 572 g/mol. The van der Waals surface area contributed by atoms with Crippen molar-refractivity contribution in [1.82, 2.24) is 20.6 Å². The lowest BCUT2D eigenvalue weighted by atomic mass is 9.91. The zero-order valence-electron chi connectivity index (χ0n) is 26.5. The van der Waals surface area contributed by atoms with Crippen LogP contribution in [-0.2, 0) is 49.3 Å². The minimum Gasteiger partial charge on any atom is -0.377 e. The highest BCUT2D eigenvalue weighted by Crippen LogP contribution is 2.17. The highest BCUT2D eigenvalue weighted by Gasteiger charge is 2.18. The van der Waals surface area contributed by atoms with E-state index >= 15 is 0 Å². The van der Waals surface area contributed by atoms with Crippen LogP contribution in [0, 0.1) is 5.92 Å². The van der Waals surface area contributed by atoms with Crippen LogP contribution in [0.5, 0.6) is 0 Å². The van der Waals surface area contributed by atoms with Gasteiger partial charge in [0.2, 0.25) is 11.8 Å². The van der Waals surface area contributed by atoms with Gasteiger partial charge in [0.1, 0.15) is 24.8 Å². The zero-order chi connectivity index (χ0) is 32.3. The molecule has 1 rings (SSSR count). The van der Waals surface area contributed by atoms with Crippen molar-refractivity contribution in [3.8, 4) is 0 Å². The summed E-state index contributed by atoms with van der Waals surface area (Å²) in [6.45, 7) is 6.11. The average Bonchev–Trinajstić information content (AvgIpc) is 3.52. The van der Waals surface area contributed by atoms with Crippen molar-refractivity contribution >= 4 is 29.2 Å². The first-order valence-corrected chi connectivity index (χ1v) is 15.7. The van der Waals surface area contributed by atoms with Crippen LogP contribution in [0.15, 0.2) is 12.5 Å². The first-order valence-electron chi connectivity index (χ1n) is 15.7. The molecule has 250 valence electrons. The third kappa shape index (κ3) is 22.5. The summed E-state index contributed by atoms with van der Waals surface area (Å²) in [5.74, 6) is -0.391. The number of carbonyl (C=O) groups excluding carboxylic acids is 5. The first-order chi connectivity index (χ1) is 21.3.